The number of hydrogen-bond donors (Lipinski definition) is 2. The number of amides is 1. The van der Waals surface area contributed by atoms with Gasteiger partial charge in [0.25, 0.3) is 5.91 Å². The molecule has 0 saturated heterocycles. The summed E-state index contributed by atoms with van der Waals surface area (Å²) in [6.07, 6.45) is 5.40. The zero-order valence-corrected chi connectivity index (χ0v) is 12.6. The highest BCUT2D eigenvalue weighted by Crippen LogP contribution is 2.33. The van der Waals surface area contributed by atoms with Crippen LogP contribution in [-0.4, -0.2) is 18.0 Å². The Morgan fingerprint density at radius 2 is 2.15 bits per heavy atom. The number of nitrogens with one attached hydrogen (secondary N) is 1. The predicted octanol–water partition coefficient (Wildman–Crippen LogP) is 2.89. The van der Waals surface area contributed by atoms with Crippen molar-refractivity contribution in [1.82, 2.24) is 5.32 Å². The summed E-state index contributed by atoms with van der Waals surface area (Å²) in [5.41, 5.74) is 7.67. The molecule has 3 nitrogen and oxygen atoms in total. The van der Waals surface area contributed by atoms with E-state index >= 15 is 0 Å². The van der Waals surface area contributed by atoms with Gasteiger partial charge in [0.1, 0.15) is 0 Å². The van der Waals surface area contributed by atoms with Crippen molar-refractivity contribution in [3.8, 4) is 0 Å². The number of nitrogens with two attached hydrogens (primary N) is 1. The predicted molar refractivity (Wildman–Crippen MR) is 82.7 cm³/mol. The van der Waals surface area contributed by atoms with Crippen LogP contribution in [-0.2, 0) is 6.42 Å². The maximum Gasteiger partial charge on any atom is 0.252 e. The largest absolute Gasteiger partial charge is 0.345 e. The minimum Gasteiger partial charge on any atom is -0.345 e. The van der Waals surface area contributed by atoms with Crippen LogP contribution in [0.15, 0.2) is 24.3 Å². The van der Waals surface area contributed by atoms with Gasteiger partial charge in [-0.25, -0.2) is 0 Å². The highest BCUT2D eigenvalue weighted by Gasteiger charge is 2.38. The van der Waals surface area contributed by atoms with Gasteiger partial charge in [0.15, 0.2) is 0 Å². The zero-order chi connectivity index (χ0) is 14.6. The Morgan fingerprint density at radius 1 is 1.40 bits per heavy atom. The van der Waals surface area contributed by atoms with Crippen molar-refractivity contribution in [3.63, 3.8) is 0 Å². The fourth-order valence-electron chi connectivity index (χ4n) is 3.30. The molecule has 1 amide bonds. The summed E-state index contributed by atoms with van der Waals surface area (Å²) in [5, 5.41) is 3.26. The molecule has 1 aliphatic carbocycles. The Hall–Kier alpha value is -1.35. The Bertz CT molecular complexity index is 472. The third kappa shape index (κ3) is 2.88. The first-order valence-corrected chi connectivity index (χ1v) is 7.73. The monoisotopic (exact) mass is 274 g/mol. The van der Waals surface area contributed by atoms with E-state index in [9.17, 15) is 4.79 Å². The van der Waals surface area contributed by atoms with Gasteiger partial charge < -0.3 is 11.1 Å². The standard InChI is InChI=1S/C17H26N2O/c1-3-14-9-4-5-10-15(14)16(20)19-17(12-18)11-7-6-8-13(17)2/h4-5,9-10,13H,3,6-8,11-12,18H2,1-2H3,(H,19,20). The van der Waals surface area contributed by atoms with Crippen LogP contribution < -0.4 is 11.1 Å². The van der Waals surface area contributed by atoms with Crippen molar-refractivity contribution < 1.29 is 4.79 Å². The summed E-state index contributed by atoms with van der Waals surface area (Å²) in [7, 11) is 0. The summed E-state index contributed by atoms with van der Waals surface area (Å²) >= 11 is 0. The van der Waals surface area contributed by atoms with Gasteiger partial charge in [-0.2, -0.15) is 0 Å². The van der Waals surface area contributed by atoms with E-state index in [0.29, 0.717) is 12.5 Å². The first kappa shape index (κ1) is 15.0. The van der Waals surface area contributed by atoms with Crippen molar-refractivity contribution in [2.45, 2.75) is 51.5 Å². The second kappa shape index (κ2) is 6.40. The molecule has 1 aromatic rings. The average Bonchev–Trinajstić information content (AvgIpc) is 2.49. The molecule has 1 aliphatic rings. The molecule has 0 aliphatic heterocycles. The maximum atomic E-state index is 12.6. The number of hydrogen-bond acceptors (Lipinski definition) is 2. The van der Waals surface area contributed by atoms with Crippen LogP contribution in [0.2, 0.25) is 0 Å². The van der Waals surface area contributed by atoms with Gasteiger partial charge in [-0.1, -0.05) is 44.9 Å². The molecule has 3 heteroatoms. The van der Waals surface area contributed by atoms with Gasteiger partial charge >= 0.3 is 0 Å². The van der Waals surface area contributed by atoms with Crippen LogP contribution in [0.4, 0.5) is 0 Å². The van der Waals surface area contributed by atoms with Gasteiger partial charge in [0.2, 0.25) is 0 Å². The second-order valence-corrected chi connectivity index (χ2v) is 5.97. The van der Waals surface area contributed by atoms with Crippen LogP contribution in [0.5, 0.6) is 0 Å². The van der Waals surface area contributed by atoms with Crippen molar-refractivity contribution >= 4 is 5.91 Å². The third-order valence-corrected chi connectivity index (χ3v) is 4.82. The third-order valence-electron chi connectivity index (χ3n) is 4.82. The van der Waals surface area contributed by atoms with E-state index in [2.05, 4.69) is 19.2 Å². The molecule has 0 radical (unpaired) electrons. The van der Waals surface area contributed by atoms with E-state index in [1.807, 2.05) is 24.3 Å². The minimum atomic E-state index is -0.226. The lowest BCUT2D eigenvalue weighted by Crippen LogP contribution is -2.59. The smallest absolute Gasteiger partial charge is 0.252 e. The van der Waals surface area contributed by atoms with Crippen LogP contribution in [0, 0.1) is 5.92 Å². The molecule has 3 N–H and O–H groups in total. The fourth-order valence-corrected chi connectivity index (χ4v) is 3.30. The molecule has 2 rings (SSSR count). The van der Waals surface area contributed by atoms with E-state index < -0.39 is 0 Å². The fraction of sp³-hybridized carbons (Fsp3) is 0.588. The second-order valence-electron chi connectivity index (χ2n) is 5.97. The van der Waals surface area contributed by atoms with Crippen molar-refractivity contribution in [2.75, 3.05) is 6.54 Å². The number of carbonyl (C=O) groups excluding carboxylic acids is 1. The van der Waals surface area contributed by atoms with E-state index in [1.165, 1.54) is 6.42 Å². The molecule has 20 heavy (non-hydrogen) atoms. The quantitative estimate of drug-likeness (QED) is 0.887. The minimum absolute atomic E-state index is 0.0293. The van der Waals surface area contributed by atoms with Gasteiger partial charge in [0.05, 0.1) is 5.54 Å². The van der Waals surface area contributed by atoms with E-state index in [-0.39, 0.29) is 11.4 Å². The number of rotatable bonds is 4. The van der Waals surface area contributed by atoms with Crippen molar-refractivity contribution in [2.24, 2.45) is 11.7 Å². The summed E-state index contributed by atoms with van der Waals surface area (Å²) in [6, 6.07) is 7.84. The molecule has 2 atom stereocenters. The molecule has 0 heterocycles. The average molecular weight is 274 g/mol. The molecule has 2 unspecified atom stereocenters. The van der Waals surface area contributed by atoms with Crippen LogP contribution >= 0.6 is 0 Å². The lowest BCUT2D eigenvalue weighted by Gasteiger charge is -2.42. The van der Waals surface area contributed by atoms with Crippen LogP contribution in [0.25, 0.3) is 0 Å². The SMILES string of the molecule is CCc1ccccc1C(=O)NC1(CN)CCCCC1C. The molecular formula is C17H26N2O. The summed E-state index contributed by atoms with van der Waals surface area (Å²) in [6.45, 7) is 4.81. The Kier molecular flexibility index (Phi) is 4.81. The van der Waals surface area contributed by atoms with Crippen LogP contribution in [0.1, 0.15) is 55.5 Å². The van der Waals surface area contributed by atoms with Crippen molar-refractivity contribution in [1.29, 1.82) is 0 Å². The zero-order valence-electron chi connectivity index (χ0n) is 12.6. The summed E-state index contributed by atoms with van der Waals surface area (Å²) in [4.78, 5) is 12.6. The summed E-state index contributed by atoms with van der Waals surface area (Å²) in [5.74, 6) is 0.473. The Morgan fingerprint density at radius 3 is 2.80 bits per heavy atom. The lowest BCUT2D eigenvalue weighted by atomic mass is 9.73. The van der Waals surface area contributed by atoms with E-state index in [0.717, 1.165) is 36.8 Å². The van der Waals surface area contributed by atoms with Crippen LogP contribution in [0.3, 0.4) is 0 Å². The highest BCUT2D eigenvalue weighted by molar-refractivity contribution is 5.96. The molecule has 0 spiro atoms. The first-order valence-electron chi connectivity index (χ1n) is 7.73. The number of carbonyl (C=O) groups is 1. The molecule has 1 fully saturated rings. The Balaban J connectivity index is 2.21. The normalized spacial score (nSPS) is 26.2. The lowest BCUT2D eigenvalue weighted by molar-refractivity contribution is 0.0812. The van der Waals surface area contributed by atoms with Gasteiger partial charge in [-0.3, -0.25) is 4.79 Å². The molecule has 1 saturated carbocycles. The Labute approximate surface area is 121 Å². The molecule has 1 aromatic carbocycles. The topological polar surface area (TPSA) is 55.1 Å². The molecule has 0 aromatic heterocycles. The number of aryl methyl sites for hydroxylation is 1. The number of benzene rings is 1. The highest BCUT2D eigenvalue weighted by atomic mass is 16.1. The summed E-state index contributed by atoms with van der Waals surface area (Å²) < 4.78 is 0. The molecule has 0 bridgehead atoms. The van der Waals surface area contributed by atoms with Crippen molar-refractivity contribution in [3.05, 3.63) is 35.4 Å². The molecule has 110 valence electrons. The van der Waals surface area contributed by atoms with Gasteiger partial charge in [-0.05, 0) is 36.8 Å². The van der Waals surface area contributed by atoms with E-state index in [4.69, 9.17) is 5.73 Å². The van der Waals surface area contributed by atoms with E-state index in [1.54, 1.807) is 0 Å². The van der Waals surface area contributed by atoms with Gasteiger partial charge in [-0.15, -0.1) is 0 Å². The molecular weight excluding hydrogens is 248 g/mol. The van der Waals surface area contributed by atoms with Gasteiger partial charge in [0, 0.05) is 12.1 Å². The maximum absolute atomic E-state index is 12.6. The first-order chi connectivity index (χ1) is 9.63.